The first-order valence-electron chi connectivity index (χ1n) is 5.89. The van der Waals surface area contributed by atoms with E-state index >= 15 is 0 Å². The summed E-state index contributed by atoms with van der Waals surface area (Å²) in [5.41, 5.74) is 1.72. The van der Waals surface area contributed by atoms with Gasteiger partial charge in [-0.05, 0) is 13.0 Å². The second-order valence-corrected chi connectivity index (χ2v) is 5.71. The van der Waals surface area contributed by atoms with E-state index in [0.717, 1.165) is 11.1 Å². The van der Waals surface area contributed by atoms with Gasteiger partial charge in [-0.1, -0.05) is 56.8 Å². The van der Waals surface area contributed by atoms with Crippen molar-refractivity contribution in [1.82, 2.24) is 0 Å². The van der Waals surface area contributed by atoms with Crippen LogP contribution in [-0.2, 0) is 5.33 Å². The molecule has 0 bridgehead atoms. The van der Waals surface area contributed by atoms with Gasteiger partial charge in [0.25, 0.3) is 0 Å². The number of alkyl halides is 1. The Morgan fingerprint density at radius 1 is 1.19 bits per heavy atom. The van der Waals surface area contributed by atoms with Crippen LogP contribution in [0.2, 0.25) is 10.0 Å². The zero-order valence-corrected chi connectivity index (χ0v) is 14.0. The molecular formula is C14H10BrCl2NO3. The van der Waals surface area contributed by atoms with E-state index in [1.165, 1.54) is 12.1 Å². The van der Waals surface area contributed by atoms with Crippen LogP contribution in [0.4, 0.5) is 5.69 Å². The molecule has 0 atom stereocenters. The lowest BCUT2D eigenvalue weighted by molar-refractivity contribution is -0.385. The van der Waals surface area contributed by atoms with Gasteiger partial charge in [0.05, 0.1) is 15.0 Å². The van der Waals surface area contributed by atoms with Crippen LogP contribution in [0.5, 0.6) is 11.5 Å². The predicted octanol–water partition coefficient (Wildman–Crippen LogP) is 5.90. The molecule has 2 aromatic rings. The molecule has 0 saturated carbocycles. The molecule has 0 fully saturated rings. The van der Waals surface area contributed by atoms with Gasteiger partial charge in [-0.2, -0.15) is 0 Å². The minimum absolute atomic E-state index is 0.0560. The van der Waals surface area contributed by atoms with Crippen molar-refractivity contribution >= 4 is 44.8 Å². The van der Waals surface area contributed by atoms with Crippen LogP contribution in [0.25, 0.3) is 0 Å². The molecular weight excluding hydrogens is 381 g/mol. The summed E-state index contributed by atoms with van der Waals surface area (Å²) >= 11 is 15.1. The van der Waals surface area contributed by atoms with Gasteiger partial charge in [0.15, 0.2) is 0 Å². The maximum absolute atomic E-state index is 11.1. The molecule has 0 aliphatic rings. The molecule has 0 unspecified atom stereocenters. The molecule has 0 aromatic heterocycles. The molecule has 0 radical (unpaired) electrons. The highest BCUT2D eigenvalue weighted by atomic mass is 79.9. The Hall–Kier alpha value is -1.30. The first-order chi connectivity index (χ1) is 9.92. The summed E-state index contributed by atoms with van der Waals surface area (Å²) in [6, 6.07) is 8.09. The topological polar surface area (TPSA) is 52.4 Å². The molecule has 110 valence electrons. The number of hydrogen-bond acceptors (Lipinski definition) is 3. The summed E-state index contributed by atoms with van der Waals surface area (Å²) in [6.45, 7) is 1.96. The number of aryl methyl sites for hydroxylation is 1. The van der Waals surface area contributed by atoms with Crippen LogP contribution < -0.4 is 4.74 Å². The highest BCUT2D eigenvalue weighted by molar-refractivity contribution is 9.08. The number of hydrogen-bond donors (Lipinski definition) is 0. The van der Waals surface area contributed by atoms with Gasteiger partial charge in [0, 0.05) is 23.0 Å². The number of benzene rings is 2. The summed E-state index contributed by atoms with van der Waals surface area (Å²) < 4.78 is 5.67. The summed E-state index contributed by atoms with van der Waals surface area (Å²) in [4.78, 5) is 10.5. The third-order valence-electron chi connectivity index (χ3n) is 2.78. The number of rotatable bonds is 4. The third-order valence-corrected chi connectivity index (χ3v) is 4.10. The molecule has 2 aromatic carbocycles. The average Bonchev–Trinajstić information content (AvgIpc) is 2.44. The Morgan fingerprint density at radius 2 is 1.86 bits per heavy atom. The molecule has 0 heterocycles. The van der Waals surface area contributed by atoms with Crippen molar-refractivity contribution in [1.29, 1.82) is 0 Å². The molecule has 0 aliphatic carbocycles. The lowest BCUT2D eigenvalue weighted by atomic mass is 10.1. The molecule has 4 nitrogen and oxygen atoms in total. The number of nitro groups is 1. The Kier molecular flexibility index (Phi) is 5.08. The Morgan fingerprint density at radius 3 is 2.48 bits per heavy atom. The van der Waals surface area contributed by atoms with E-state index < -0.39 is 4.92 Å². The maximum Gasteiger partial charge on any atom is 0.313 e. The number of ether oxygens (including phenoxy) is 1. The van der Waals surface area contributed by atoms with Gasteiger partial charge in [-0.15, -0.1) is 0 Å². The van der Waals surface area contributed by atoms with Crippen molar-refractivity contribution in [2.45, 2.75) is 12.3 Å². The van der Waals surface area contributed by atoms with Crippen LogP contribution in [0.3, 0.4) is 0 Å². The quantitative estimate of drug-likeness (QED) is 0.371. The van der Waals surface area contributed by atoms with Gasteiger partial charge in [-0.25, -0.2) is 0 Å². The van der Waals surface area contributed by atoms with Gasteiger partial charge < -0.3 is 4.74 Å². The molecule has 2 rings (SSSR count). The fourth-order valence-corrected chi connectivity index (χ4v) is 2.52. The fraction of sp³-hybridized carbons (Fsp3) is 0.143. The normalized spacial score (nSPS) is 10.5. The molecule has 0 amide bonds. The van der Waals surface area contributed by atoms with Gasteiger partial charge >= 0.3 is 5.69 Å². The average molecular weight is 391 g/mol. The van der Waals surface area contributed by atoms with Crippen LogP contribution >= 0.6 is 39.1 Å². The number of nitro benzene ring substituents is 1. The van der Waals surface area contributed by atoms with Crippen LogP contribution in [0.1, 0.15) is 11.1 Å². The molecule has 0 saturated heterocycles. The Labute approximate surface area is 139 Å². The van der Waals surface area contributed by atoms with Crippen molar-refractivity contribution < 1.29 is 9.66 Å². The second kappa shape index (κ2) is 6.64. The van der Waals surface area contributed by atoms with Crippen molar-refractivity contribution in [3.05, 3.63) is 61.6 Å². The Bertz CT molecular complexity index is 707. The molecule has 0 N–H and O–H groups in total. The van der Waals surface area contributed by atoms with E-state index in [0.29, 0.717) is 11.1 Å². The summed E-state index contributed by atoms with van der Waals surface area (Å²) in [6.07, 6.45) is 0. The first-order valence-corrected chi connectivity index (χ1v) is 7.77. The summed E-state index contributed by atoms with van der Waals surface area (Å²) in [5.74, 6) is 0.583. The second-order valence-electron chi connectivity index (χ2n) is 4.34. The van der Waals surface area contributed by atoms with Crippen LogP contribution in [0.15, 0.2) is 30.3 Å². The Balaban J connectivity index is 2.48. The highest BCUT2D eigenvalue weighted by Crippen LogP contribution is 2.39. The summed E-state index contributed by atoms with van der Waals surface area (Å²) in [5, 5.41) is 12.0. The zero-order chi connectivity index (χ0) is 15.6. The van der Waals surface area contributed by atoms with Gasteiger partial charge in [0.1, 0.15) is 5.75 Å². The fourth-order valence-electron chi connectivity index (χ4n) is 1.77. The highest BCUT2D eigenvalue weighted by Gasteiger charge is 2.20. The van der Waals surface area contributed by atoms with E-state index in [1.807, 2.05) is 19.1 Å². The molecule has 0 aliphatic heterocycles. The minimum atomic E-state index is -0.556. The lowest BCUT2D eigenvalue weighted by Crippen LogP contribution is -1.96. The number of nitrogens with zero attached hydrogens (tertiary/aromatic N) is 1. The van der Waals surface area contributed by atoms with Gasteiger partial charge in [0.2, 0.25) is 5.75 Å². The largest absolute Gasteiger partial charge is 0.450 e. The number of halogens is 3. The molecule has 7 heteroatoms. The van der Waals surface area contributed by atoms with Crippen molar-refractivity contribution in [3.8, 4) is 11.5 Å². The van der Waals surface area contributed by atoms with E-state index in [-0.39, 0.29) is 21.5 Å². The minimum Gasteiger partial charge on any atom is -0.450 e. The van der Waals surface area contributed by atoms with Crippen LogP contribution in [0, 0.1) is 17.0 Å². The van der Waals surface area contributed by atoms with Crippen molar-refractivity contribution in [2.24, 2.45) is 0 Å². The monoisotopic (exact) mass is 389 g/mol. The first kappa shape index (κ1) is 16.1. The predicted molar refractivity (Wildman–Crippen MR) is 87.0 cm³/mol. The van der Waals surface area contributed by atoms with Gasteiger partial charge in [-0.3, -0.25) is 10.1 Å². The van der Waals surface area contributed by atoms with E-state index in [9.17, 15) is 10.1 Å². The van der Waals surface area contributed by atoms with Crippen LogP contribution in [-0.4, -0.2) is 4.92 Å². The summed E-state index contributed by atoms with van der Waals surface area (Å²) in [7, 11) is 0. The smallest absolute Gasteiger partial charge is 0.313 e. The maximum atomic E-state index is 11.1. The van der Waals surface area contributed by atoms with E-state index in [4.69, 9.17) is 27.9 Å². The van der Waals surface area contributed by atoms with E-state index in [2.05, 4.69) is 15.9 Å². The molecule has 21 heavy (non-hydrogen) atoms. The lowest BCUT2D eigenvalue weighted by Gasteiger charge is -2.11. The standard InChI is InChI=1S/C14H10BrCl2NO3/c1-8-2-3-13(9(4-8)7-15)21-14-6-11(17)10(16)5-12(14)18(19)20/h2-6H,7H2,1H3. The van der Waals surface area contributed by atoms with E-state index in [1.54, 1.807) is 6.07 Å². The molecule has 0 spiro atoms. The SMILES string of the molecule is Cc1ccc(Oc2cc(Cl)c(Cl)cc2[N+](=O)[O-])c(CBr)c1. The van der Waals surface area contributed by atoms with Crippen molar-refractivity contribution in [2.75, 3.05) is 0 Å². The zero-order valence-electron chi connectivity index (χ0n) is 10.9. The third kappa shape index (κ3) is 3.67. The van der Waals surface area contributed by atoms with Crippen molar-refractivity contribution in [3.63, 3.8) is 0 Å².